The van der Waals surface area contributed by atoms with Crippen molar-refractivity contribution in [1.29, 1.82) is 0 Å². The van der Waals surface area contributed by atoms with Crippen LogP contribution in [-0.4, -0.2) is 16.8 Å². The second-order valence-electron chi connectivity index (χ2n) is 5.05. The fraction of sp³-hybridized carbons (Fsp3) is 0. The van der Waals surface area contributed by atoms with Crippen LogP contribution >= 0.6 is 0 Å². The molecule has 0 saturated heterocycles. The number of nitro benzene ring substituents is 1. The highest BCUT2D eigenvalue weighted by Gasteiger charge is 2.25. The number of halogens is 1. The molecule has 0 atom stereocenters. The van der Waals surface area contributed by atoms with Crippen molar-refractivity contribution < 1.29 is 18.8 Å². The number of rotatable bonds is 4. The third-order valence-electron chi connectivity index (χ3n) is 3.35. The zero-order valence-corrected chi connectivity index (χ0v) is 12.8. The third-order valence-corrected chi connectivity index (χ3v) is 3.35. The van der Waals surface area contributed by atoms with E-state index in [1.165, 1.54) is 42.5 Å². The number of carbonyl (C=O) groups is 1. The van der Waals surface area contributed by atoms with E-state index in [2.05, 4.69) is 4.99 Å². The van der Waals surface area contributed by atoms with Crippen LogP contribution in [0.1, 0.15) is 11.1 Å². The molecule has 124 valence electrons. The Morgan fingerprint density at radius 2 is 1.96 bits per heavy atom. The first-order valence-corrected chi connectivity index (χ1v) is 7.23. The zero-order chi connectivity index (χ0) is 17.8. The Kier molecular flexibility index (Phi) is 4.47. The Bertz CT molecular complexity index is 948. The molecular weight excluding hydrogens is 327 g/mol. The number of benzene rings is 2. The molecule has 2 aromatic carbocycles. The van der Waals surface area contributed by atoms with Crippen LogP contribution in [-0.2, 0) is 9.53 Å². The molecule has 7 heteroatoms. The van der Waals surface area contributed by atoms with Crippen molar-refractivity contribution in [3.63, 3.8) is 0 Å². The van der Waals surface area contributed by atoms with Gasteiger partial charge in [0.05, 0.1) is 10.5 Å². The maximum absolute atomic E-state index is 13.7. The third kappa shape index (κ3) is 3.66. The Labute approximate surface area is 141 Å². The molecule has 1 aliphatic rings. The fourth-order valence-electron chi connectivity index (χ4n) is 2.17. The largest absolute Gasteiger partial charge is 0.402 e. The molecule has 1 aliphatic heterocycles. The molecule has 0 radical (unpaired) electrons. The molecule has 0 unspecified atom stereocenters. The predicted molar refractivity (Wildman–Crippen MR) is 89.2 cm³/mol. The van der Waals surface area contributed by atoms with Gasteiger partial charge in [-0.3, -0.25) is 10.1 Å². The quantitative estimate of drug-likeness (QED) is 0.369. The van der Waals surface area contributed by atoms with Gasteiger partial charge in [-0.2, -0.15) is 0 Å². The van der Waals surface area contributed by atoms with E-state index in [-0.39, 0.29) is 22.8 Å². The van der Waals surface area contributed by atoms with Crippen LogP contribution < -0.4 is 0 Å². The Balaban J connectivity index is 1.82. The molecule has 0 amide bonds. The average Bonchev–Trinajstić information content (AvgIpc) is 2.96. The topological polar surface area (TPSA) is 81.8 Å². The molecule has 0 aliphatic carbocycles. The summed E-state index contributed by atoms with van der Waals surface area (Å²) in [6, 6.07) is 11.9. The molecular formula is C18H11FN2O4. The molecule has 0 N–H and O–H groups in total. The van der Waals surface area contributed by atoms with Crippen molar-refractivity contribution in [3.05, 3.63) is 93.4 Å². The molecule has 0 saturated carbocycles. The van der Waals surface area contributed by atoms with E-state index in [0.29, 0.717) is 5.56 Å². The van der Waals surface area contributed by atoms with Gasteiger partial charge in [0.1, 0.15) is 5.82 Å². The first kappa shape index (κ1) is 16.3. The molecule has 0 fully saturated rings. The van der Waals surface area contributed by atoms with Gasteiger partial charge in [-0.05, 0) is 23.8 Å². The van der Waals surface area contributed by atoms with Gasteiger partial charge in [0.2, 0.25) is 5.90 Å². The molecule has 2 aromatic rings. The minimum Gasteiger partial charge on any atom is -0.402 e. The predicted octanol–water partition coefficient (Wildman–Crippen LogP) is 3.63. The van der Waals surface area contributed by atoms with E-state index < -0.39 is 16.7 Å². The fourth-order valence-corrected chi connectivity index (χ4v) is 2.17. The molecule has 0 bridgehead atoms. The number of nitrogens with zero attached hydrogens (tertiary/aromatic N) is 2. The average molecular weight is 338 g/mol. The van der Waals surface area contributed by atoms with Crippen molar-refractivity contribution in [2.75, 3.05) is 0 Å². The summed E-state index contributed by atoms with van der Waals surface area (Å²) < 4.78 is 18.7. The van der Waals surface area contributed by atoms with E-state index in [9.17, 15) is 19.3 Å². The summed E-state index contributed by atoms with van der Waals surface area (Å²) in [7, 11) is 0. The summed E-state index contributed by atoms with van der Waals surface area (Å²) in [5, 5.41) is 10.7. The van der Waals surface area contributed by atoms with E-state index in [0.717, 1.165) is 0 Å². The summed E-state index contributed by atoms with van der Waals surface area (Å²) in [5.41, 5.74) is 0.674. The molecule has 3 rings (SSSR count). The maximum Gasteiger partial charge on any atom is 0.363 e. The van der Waals surface area contributed by atoms with Gasteiger partial charge >= 0.3 is 5.97 Å². The number of carbonyl (C=O) groups excluding carboxylic acids is 1. The van der Waals surface area contributed by atoms with E-state index >= 15 is 0 Å². The smallest absolute Gasteiger partial charge is 0.363 e. The Hall–Kier alpha value is -3.61. The lowest BCUT2D eigenvalue weighted by molar-refractivity contribution is -0.384. The molecule has 0 aromatic heterocycles. The lowest BCUT2D eigenvalue weighted by Gasteiger charge is -1.99. The lowest BCUT2D eigenvalue weighted by atomic mass is 10.2. The number of cyclic esters (lactones) is 1. The van der Waals surface area contributed by atoms with E-state index in [4.69, 9.17) is 4.74 Å². The molecule has 0 spiro atoms. The van der Waals surface area contributed by atoms with Gasteiger partial charge in [0, 0.05) is 12.1 Å². The summed E-state index contributed by atoms with van der Waals surface area (Å²) >= 11 is 0. The molecule has 1 heterocycles. The highest BCUT2D eigenvalue weighted by molar-refractivity contribution is 6.11. The number of hydrogen-bond acceptors (Lipinski definition) is 5. The SMILES string of the molecule is O=C1OC(c2ccccc2F)=NC1=CC=Cc1cccc([N+](=O)[O-])c1. The van der Waals surface area contributed by atoms with Crippen LogP contribution in [0.2, 0.25) is 0 Å². The lowest BCUT2D eigenvalue weighted by Crippen LogP contribution is -2.07. The van der Waals surface area contributed by atoms with Crippen LogP contribution in [0, 0.1) is 15.9 Å². The second-order valence-corrected chi connectivity index (χ2v) is 5.05. The van der Waals surface area contributed by atoms with E-state index in [1.807, 2.05) is 0 Å². The van der Waals surface area contributed by atoms with Crippen molar-refractivity contribution in [2.24, 2.45) is 4.99 Å². The van der Waals surface area contributed by atoms with Gasteiger partial charge in [0.15, 0.2) is 5.70 Å². The molecule has 25 heavy (non-hydrogen) atoms. The minimum atomic E-state index is -0.693. The summed E-state index contributed by atoms with van der Waals surface area (Å²) in [6.07, 6.45) is 4.50. The van der Waals surface area contributed by atoms with Gasteiger partial charge in [-0.1, -0.05) is 36.4 Å². The molecule has 6 nitrogen and oxygen atoms in total. The van der Waals surface area contributed by atoms with Crippen molar-refractivity contribution >= 4 is 23.6 Å². The van der Waals surface area contributed by atoms with Crippen molar-refractivity contribution in [2.45, 2.75) is 0 Å². The number of nitro groups is 1. The Morgan fingerprint density at radius 1 is 1.16 bits per heavy atom. The summed E-state index contributed by atoms with van der Waals surface area (Å²) in [4.78, 5) is 26.0. The van der Waals surface area contributed by atoms with Gasteiger partial charge in [-0.15, -0.1) is 0 Å². The normalized spacial score (nSPS) is 15.5. The number of hydrogen-bond donors (Lipinski definition) is 0. The van der Waals surface area contributed by atoms with Crippen LogP contribution in [0.15, 0.2) is 71.4 Å². The van der Waals surface area contributed by atoms with Gasteiger partial charge in [0.25, 0.3) is 5.69 Å². The maximum atomic E-state index is 13.7. The number of allylic oxidation sites excluding steroid dienone is 2. The first-order chi connectivity index (χ1) is 12.0. The van der Waals surface area contributed by atoms with Gasteiger partial charge in [-0.25, -0.2) is 14.2 Å². The first-order valence-electron chi connectivity index (χ1n) is 7.23. The van der Waals surface area contributed by atoms with Gasteiger partial charge < -0.3 is 4.74 Å². The minimum absolute atomic E-state index is 0.0138. The number of esters is 1. The number of aliphatic imine (C=N–C) groups is 1. The second kappa shape index (κ2) is 6.88. The van der Waals surface area contributed by atoms with Crippen LogP contribution in [0.4, 0.5) is 10.1 Å². The summed E-state index contributed by atoms with van der Waals surface area (Å²) in [5.74, 6) is -1.33. The van der Waals surface area contributed by atoms with Crippen LogP contribution in [0.25, 0.3) is 6.08 Å². The van der Waals surface area contributed by atoms with Crippen molar-refractivity contribution in [3.8, 4) is 0 Å². The zero-order valence-electron chi connectivity index (χ0n) is 12.8. The van der Waals surface area contributed by atoms with Crippen LogP contribution in [0.3, 0.4) is 0 Å². The number of ether oxygens (including phenoxy) is 1. The highest BCUT2D eigenvalue weighted by atomic mass is 19.1. The number of non-ortho nitro benzene ring substituents is 1. The monoisotopic (exact) mass is 338 g/mol. The standard InChI is InChI=1S/C18H11FN2O4/c19-15-9-2-1-8-14(15)17-20-16(18(22)25-17)10-4-6-12-5-3-7-13(11-12)21(23)24/h1-11H. The van der Waals surface area contributed by atoms with Crippen LogP contribution in [0.5, 0.6) is 0 Å². The van der Waals surface area contributed by atoms with Crippen molar-refractivity contribution in [1.82, 2.24) is 0 Å². The van der Waals surface area contributed by atoms with E-state index in [1.54, 1.807) is 24.3 Å². The highest BCUT2D eigenvalue weighted by Crippen LogP contribution is 2.19. The summed E-state index contributed by atoms with van der Waals surface area (Å²) in [6.45, 7) is 0. The Morgan fingerprint density at radius 3 is 2.72 bits per heavy atom.